The Labute approximate surface area is 179 Å². The summed E-state index contributed by atoms with van der Waals surface area (Å²) < 4.78 is 27.2. The monoisotopic (exact) mass is 431 g/mol. The molecule has 1 heterocycles. The van der Waals surface area contributed by atoms with E-state index in [1.54, 1.807) is 67.6 Å². The van der Waals surface area contributed by atoms with Gasteiger partial charge >= 0.3 is 5.91 Å². The second kappa shape index (κ2) is 7.77. The number of nitrogens with zero attached hydrogens (tertiary/aromatic N) is 1. The van der Waals surface area contributed by atoms with Crippen LogP contribution in [0.25, 0.3) is 5.70 Å². The minimum absolute atomic E-state index is 0.152. The molecule has 0 aromatic heterocycles. The molecule has 1 aliphatic heterocycles. The Balaban J connectivity index is 1.97. The van der Waals surface area contributed by atoms with Crippen LogP contribution in [0.1, 0.15) is 21.5 Å². The molecule has 3 aromatic carbocycles. The number of rotatable bonds is 5. The van der Waals surface area contributed by atoms with E-state index in [0.717, 1.165) is 5.56 Å². The largest absolute Gasteiger partial charge is 0.313 e. The standard InChI is InChI=1S/C24H17NO5S/c1-16-12-14-19(15-13-16)31(29,30)25-21(17-8-4-2-5-9-17)20(23(27)24(25)28)22(26)18-10-6-3-7-11-18/h2-15H,1H3. The third kappa shape index (κ3) is 3.49. The second-order valence-electron chi connectivity index (χ2n) is 7.00. The van der Waals surface area contributed by atoms with E-state index in [-0.39, 0.29) is 21.7 Å². The van der Waals surface area contributed by atoms with Gasteiger partial charge in [0.2, 0.25) is 0 Å². The zero-order valence-electron chi connectivity index (χ0n) is 16.5. The lowest BCUT2D eigenvalue weighted by molar-refractivity contribution is -0.136. The van der Waals surface area contributed by atoms with Crippen LogP contribution < -0.4 is 0 Å². The van der Waals surface area contributed by atoms with E-state index in [2.05, 4.69) is 0 Å². The van der Waals surface area contributed by atoms with E-state index in [1.165, 1.54) is 24.3 Å². The summed E-state index contributed by atoms with van der Waals surface area (Å²) in [5.41, 5.74) is 0.600. The predicted octanol–water partition coefficient (Wildman–Crippen LogP) is 3.39. The van der Waals surface area contributed by atoms with Crippen molar-refractivity contribution in [3.8, 4) is 0 Å². The Morgan fingerprint density at radius 3 is 1.90 bits per heavy atom. The van der Waals surface area contributed by atoms with Gasteiger partial charge in [0.25, 0.3) is 15.8 Å². The third-order valence-corrected chi connectivity index (χ3v) is 6.61. The number of amides is 1. The molecule has 0 N–H and O–H groups in total. The lowest BCUT2D eigenvalue weighted by atomic mass is 9.97. The molecule has 3 aromatic rings. The summed E-state index contributed by atoms with van der Waals surface area (Å²) in [5, 5.41) is 0. The number of hydrogen-bond acceptors (Lipinski definition) is 5. The van der Waals surface area contributed by atoms with Crippen molar-refractivity contribution >= 4 is 33.2 Å². The summed E-state index contributed by atoms with van der Waals surface area (Å²) in [6.07, 6.45) is 0. The fraction of sp³-hybridized carbons (Fsp3) is 0.0417. The van der Waals surface area contributed by atoms with Crippen molar-refractivity contribution in [1.29, 1.82) is 0 Å². The molecule has 0 bridgehead atoms. The summed E-state index contributed by atoms with van der Waals surface area (Å²) in [6, 6.07) is 22.0. The molecule has 0 atom stereocenters. The van der Waals surface area contributed by atoms with Crippen LogP contribution in [0.5, 0.6) is 0 Å². The molecule has 0 unspecified atom stereocenters. The Bertz CT molecular complexity index is 1330. The van der Waals surface area contributed by atoms with Gasteiger partial charge in [-0.2, -0.15) is 4.31 Å². The number of Topliss-reactive ketones (excluding diaryl/α,β-unsaturated/α-hetero) is 2. The van der Waals surface area contributed by atoms with E-state index in [0.29, 0.717) is 4.31 Å². The van der Waals surface area contributed by atoms with Crippen molar-refractivity contribution in [1.82, 2.24) is 4.31 Å². The number of ketones is 2. The second-order valence-corrected chi connectivity index (χ2v) is 8.79. The number of sulfonamides is 1. The molecule has 0 aliphatic carbocycles. The number of hydrogen-bond donors (Lipinski definition) is 0. The molecule has 4 rings (SSSR count). The summed E-state index contributed by atoms with van der Waals surface area (Å²) in [4.78, 5) is 38.9. The molecule has 0 saturated heterocycles. The highest BCUT2D eigenvalue weighted by Crippen LogP contribution is 2.36. The molecule has 0 spiro atoms. The average molecular weight is 431 g/mol. The molecule has 154 valence electrons. The van der Waals surface area contributed by atoms with E-state index in [1.807, 2.05) is 0 Å². The van der Waals surface area contributed by atoms with Crippen molar-refractivity contribution in [2.75, 3.05) is 0 Å². The van der Waals surface area contributed by atoms with E-state index in [9.17, 15) is 22.8 Å². The maximum Gasteiger partial charge on any atom is 0.313 e. The van der Waals surface area contributed by atoms with Crippen LogP contribution >= 0.6 is 0 Å². The molecular formula is C24H17NO5S. The third-order valence-electron chi connectivity index (χ3n) is 4.92. The Hall–Kier alpha value is -3.84. The lowest BCUT2D eigenvalue weighted by Crippen LogP contribution is -2.34. The van der Waals surface area contributed by atoms with Crippen LogP contribution in [0, 0.1) is 6.92 Å². The van der Waals surface area contributed by atoms with Crippen molar-refractivity contribution in [2.45, 2.75) is 11.8 Å². The van der Waals surface area contributed by atoms with Gasteiger partial charge in [-0.05, 0) is 19.1 Å². The summed E-state index contributed by atoms with van der Waals surface area (Å²) in [5.74, 6) is -3.14. The molecule has 0 radical (unpaired) electrons. The normalized spacial score (nSPS) is 14.3. The highest BCUT2D eigenvalue weighted by atomic mass is 32.2. The van der Waals surface area contributed by atoms with Crippen LogP contribution in [0.3, 0.4) is 0 Å². The molecule has 1 amide bonds. The fourth-order valence-corrected chi connectivity index (χ4v) is 4.79. The number of carbonyl (C=O) groups excluding carboxylic acids is 3. The van der Waals surface area contributed by atoms with E-state index >= 15 is 0 Å². The van der Waals surface area contributed by atoms with Crippen LogP contribution in [0.2, 0.25) is 0 Å². The minimum atomic E-state index is -4.43. The maximum absolute atomic E-state index is 13.4. The predicted molar refractivity (Wildman–Crippen MR) is 114 cm³/mol. The number of benzene rings is 3. The smallest absolute Gasteiger partial charge is 0.288 e. The van der Waals surface area contributed by atoms with Gasteiger partial charge in [0.15, 0.2) is 5.78 Å². The van der Waals surface area contributed by atoms with Gasteiger partial charge in [-0.1, -0.05) is 78.4 Å². The molecule has 1 aliphatic rings. The zero-order valence-corrected chi connectivity index (χ0v) is 17.3. The number of aryl methyl sites for hydroxylation is 1. The van der Waals surface area contributed by atoms with E-state index in [4.69, 9.17) is 0 Å². The molecule has 0 fully saturated rings. The van der Waals surface area contributed by atoms with Crippen molar-refractivity contribution in [2.24, 2.45) is 0 Å². The van der Waals surface area contributed by atoms with Crippen LogP contribution in [-0.2, 0) is 19.6 Å². The molecule has 7 heteroatoms. The van der Waals surface area contributed by atoms with E-state index < -0.39 is 33.1 Å². The SMILES string of the molecule is Cc1ccc(S(=O)(=O)N2C(=O)C(=O)C(C(=O)c3ccccc3)=C2c2ccccc2)cc1. The first-order valence-corrected chi connectivity index (χ1v) is 10.9. The van der Waals surface area contributed by atoms with Crippen LogP contribution in [0.15, 0.2) is 95.4 Å². The number of carbonyl (C=O) groups is 3. The van der Waals surface area contributed by atoms with Crippen molar-refractivity contribution < 1.29 is 22.8 Å². The quantitative estimate of drug-likeness (QED) is 0.351. The van der Waals surface area contributed by atoms with Gasteiger partial charge in [-0.15, -0.1) is 0 Å². The van der Waals surface area contributed by atoms with Crippen molar-refractivity contribution in [3.63, 3.8) is 0 Å². The molecule has 6 nitrogen and oxygen atoms in total. The topological polar surface area (TPSA) is 88.6 Å². The zero-order chi connectivity index (χ0) is 22.2. The highest BCUT2D eigenvalue weighted by Gasteiger charge is 2.48. The summed E-state index contributed by atoms with van der Waals surface area (Å²) in [7, 11) is -4.43. The Morgan fingerprint density at radius 2 is 1.32 bits per heavy atom. The lowest BCUT2D eigenvalue weighted by Gasteiger charge is -2.20. The highest BCUT2D eigenvalue weighted by molar-refractivity contribution is 7.90. The van der Waals surface area contributed by atoms with Gasteiger partial charge in [-0.3, -0.25) is 14.4 Å². The summed E-state index contributed by atoms with van der Waals surface area (Å²) >= 11 is 0. The van der Waals surface area contributed by atoms with Gasteiger partial charge in [-0.25, -0.2) is 8.42 Å². The van der Waals surface area contributed by atoms with Gasteiger partial charge in [0.05, 0.1) is 10.6 Å². The molecule has 31 heavy (non-hydrogen) atoms. The first-order valence-electron chi connectivity index (χ1n) is 9.42. The minimum Gasteiger partial charge on any atom is -0.288 e. The van der Waals surface area contributed by atoms with Gasteiger partial charge in [0, 0.05) is 11.1 Å². The van der Waals surface area contributed by atoms with Crippen LogP contribution in [0.4, 0.5) is 0 Å². The maximum atomic E-state index is 13.4. The van der Waals surface area contributed by atoms with Crippen molar-refractivity contribution in [3.05, 3.63) is 107 Å². The first-order chi connectivity index (χ1) is 14.8. The summed E-state index contributed by atoms with van der Waals surface area (Å²) in [6.45, 7) is 1.80. The van der Waals surface area contributed by atoms with Gasteiger partial charge < -0.3 is 0 Å². The Kier molecular flexibility index (Phi) is 5.12. The first kappa shape index (κ1) is 20.4. The Morgan fingerprint density at radius 1 is 0.774 bits per heavy atom. The molecule has 0 saturated carbocycles. The fourth-order valence-electron chi connectivity index (χ4n) is 3.36. The molecular weight excluding hydrogens is 414 g/mol. The average Bonchev–Trinajstić information content (AvgIpc) is 3.06. The van der Waals surface area contributed by atoms with Crippen LogP contribution in [-0.4, -0.2) is 30.2 Å². The van der Waals surface area contributed by atoms with Gasteiger partial charge in [0.1, 0.15) is 5.57 Å².